The van der Waals surface area contributed by atoms with E-state index >= 15 is 0 Å². The maximum Gasteiger partial charge on any atom is 0.306 e. The minimum atomic E-state index is -0.620. The van der Waals surface area contributed by atoms with Crippen molar-refractivity contribution in [2.45, 2.75) is 70.1 Å². The van der Waals surface area contributed by atoms with E-state index in [1.165, 1.54) is 0 Å². The van der Waals surface area contributed by atoms with E-state index in [1.807, 2.05) is 0 Å². The third kappa shape index (κ3) is 3.69. The molecule has 2 unspecified atom stereocenters. The van der Waals surface area contributed by atoms with Crippen LogP contribution in [-0.2, 0) is 9.53 Å². The van der Waals surface area contributed by atoms with E-state index < -0.39 is 5.97 Å². The first-order chi connectivity index (χ1) is 8.69. The van der Waals surface area contributed by atoms with Crippen molar-refractivity contribution in [3.8, 4) is 0 Å². The van der Waals surface area contributed by atoms with E-state index in [-0.39, 0.29) is 5.92 Å². The molecule has 1 aliphatic heterocycles. The molecule has 0 aromatic carbocycles. The molecular weight excluding hydrogens is 230 g/mol. The van der Waals surface area contributed by atoms with Gasteiger partial charge < -0.3 is 15.2 Å². The Morgan fingerprint density at radius 1 is 1.22 bits per heavy atom. The molecule has 2 atom stereocenters. The highest BCUT2D eigenvalue weighted by molar-refractivity contribution is 5.70. The Balaban J connectivity index is 1.72. The van der Waals surface area contributed by atoms with Gasteiger partial charge >= 0.3 is 5.97 Å². The largest absolute Gasteiger partial charge is 0.481 e. The summed E-state index contributed by atoms with van der Waals surface area (Å²) in [7, 11) is 0. The van der Waals surface area contributed by atoms with Gasteiger partial charge in [0.2, 0.25) is 0 Å². The molecular formula is C14H25NO3. The molecule has 2 fully saturated rings. The first kappa shape index (κ1) is 13.8. The molecule has 2 N–H and O–H groups in total. The normalized spacial score (nSPS) is 37.4. The molecule has 18 heavy (non-hydrogen) atoms. The molecule has 1 saturated heterocycles. The second-order valence-corrected chi connectivity index (χ2v) is 5.68. The van der Waals surface area contributed by atoms with Crippen LogP contribution in [0.1, 0.15) is 51.9 Å². The topological polar surface area (TPSA) is 58.6 Å². The summed E-state index contributed by atoms with van der Waals surface area (Å²) in [4.78, 5) is 10.9. The predicted octanol–water partition coefficient (Wildman–Crippen LogP) is 2.18. The molecule has 2 rings (SSSR count). The van der Waals surface area contributed by atoms with Crippen LogP contribution in [-0.4, -0.2) is 35.9 Å². The summed E-state index contributed by atoms with van der Waals surface area (Å²) in [6.45, 7) is 3.03. The smallest absolute Gasteiger partial charge is 0.306 e. The van der Waals surface area contributed by atoms with Crippen molar-refractivity contribution < 1.29 is 14.6 Å². The second kappa shape index (κ2) is 6.53. The van der Waals surface area contributed by atoms with Gasteiger partial charge in [-0.3, -0.25) is 4.79 Å². The van der Waals surface area contributed by atoms with Gasteiger partial charge in [0.1, 0.15) is 0 Å². The van der Waals surface area contributed by atoms with Crippen molar-refractivity contribution >= 4 is 5.97 Å². The molecule has 1 saturated carbocycles. The molecule has 0 amide bonds. The number of aliphatic carboxylic acids is 1. The maximum atomic E-state index is 10.9. The molecule has 0 radical (unpaired) electrons. The van der Waals surface area contributed by atoms with E-state index in [2.05, 4.69) is 12.2 Å². The summed E-state index contributed by atoms with van der Waals surface area (Å²) in [6, 6.07) is 1.08. The Hall–Kier alpha value is -0.610. The average Bonchev–Trinajstić information content (AvgIpc) is 2.39. The second-order valence-electron chi connectivity index (χ2n) is 5.68. The van der Waals surface area contributed by atoms with Gasteiger partial charge in [-0.2, -0.15) is 0 Å². The summed E-state index contributed by atoms with van der Waals surface area (Å²) in [5.41, 5.74) is 0. The first-order valence-corrected chi connectivity index (χ1v) is 7.29. The highest BCUT2D eigenvalue weighted by atomic mass is 16.5. The number of hydrogen-bond acceptors (Lipinski definition) is 3. The third-order valence-electron chi connectivity index (χ3n) is 4.37. The van der Waals surface area contributed by atoms with Crippen LogP contribution in [0, 0.1) is 5.92 Å². The predicted molar refractivity (Wildman–Crippen MR) is 69.6 cm³/mol. The number of ether oxygens (including phenoxy) is 1. The number of carbonyl (C=O) groups is 1. The highest BCUT2D eigenvalue weighted by Crippen LogP contribution is 2.26. The van der Waals surface area contributed by atoms with Crippen LogP contribution in [0.25, 0.3) is 0 Å². The lowest BCUT2D eigenvalue weighted by molar-refractivity contribution is -0.142. The van der Waals surface area contributed by atoms with Crippen molar-refractivity contribution in [1.29, 1.82) is 0 Å². The standard InChI is InChI=1S/C14H25NO3/c1-2-13-9-12(7-8-18-13)15-11-5-3-10(4-6-11)14(16)17/h10-13,15H,2-9H2,1H3,(H,16,17). The van der Waals surface area contributed by atoms with Gasteiger partial charge in [-0.05, 0) is 44.9 Å². The van der Waals surface area contributed by atoms with E-state index in [4.69, 9.17) is 9.84 Å². The summed E-state index contributed by atoms with van der Waals surface area (Å²) in [6.07, 6.45) is 7.36. The molecule has 4 nitrogen and oxygen atoms in total. The summed E-state index contributed by atoms with van der Waals surface area (Å²) >= 11 is 0. The van der Waals surface area contributed by atoms with Crippen molar-refractivity contribution in [2.75, 3.05) is 6.61 Å². The van der Waals surface area contributed by atoms with Crippen LogP contribution in [0.4, 0.5) is 0 Å². The van der Waals surface area contributed by atoms with Gasteiger partial charge in [0, 0.05) is 18.7 Å². The van der Waals surface area contributed by atoms with E-state index in [9.17, 15) is 4.79 Å². The monoisotopic (exact) mass is 255 g/mol. The zero-order valence-electron chi connectivity index (χ0n) is 11.2. The highest BCUT2D eigenvalue weighted by Gasteiger charge is 2.28. The quantitative estimate of drug-likeness (QED) is 0.808. The Bertz CT molecular complexity index is 274. The summed E-state index contributed by atoms with van der Waals surface area (Å²) in [5.74, 6) is -0.730. The number of carboxylic acids is 1. The van der Waals surface area contributed by atoms with Crippen LogP contribution in [0.2, 0.25) is 0 Å². The number of hydrogen-bond donors (Lipinski definition) is 2. The van der Waals surface area contributed by atoms with Crippen molar-refractivity contribution in [2.24, 2.45) is 5.92 Å². The van der Waals surface area contributed by atoms with Gasteiger partial charge in [0.15, 0.2) is 0 Å². The Kier molecular flexibility index (Phi) is 5.01. The van der Waals surface area contributed by atoms with E-state index in [0.29, 0.717) is 18.2 Å². The number of carboxylic acid groups (broad SMARTS) is 1. The van der Waals surface area contributed by atoms with Gasteiger partial charge in [0.05, 0.1) is 12.0 Å². The molecule has 104 valence electrons. The lowest BCUT2D eigenvalue weighted by Crippen LogP contribution is -2.45. The fourth-order valence-electron chi connectivity index (χ4n) is 3.16. The van der Waals surface area contributed by atoms with Crippen LogP contribution in [0.3, 0.4) is 0 Å². The number of nitrogens with one attached hydrogen (secondary N) is 1. The molecule has 1 heterocycles. The van der Waals surface area contributed by atoms with Crippen molar-refractivity contribution in [3.05, 3.63) is 0 Å². The lowest BCUT2D eigenvalue weighted by Gasteiger charge is -2.35. The minimum absolute atomic E-state index is 0.110. The fraction of sp³-hybridized carbons (Fsp3) is 0.929. The SMILES string of the molecule is CCC1CC(NC2CCC(C(=O)O)CC2)CCO1. The zero-order valence-corrected chi connectivity index (χ0v) is 11.2. The van der Waals surface area contributed by atoms with E-state index in [1.54, 1.807) is 0 Å². The summed E-state index contributed by atoms with van der Waals surface area (Å²) in [5, 5.41) is 12.7. The maximum absolute atomic E-state index is 10.9. The molecule has 0 spiro atoms. The molecule has 1 aliphatic carbocycles. The molecule has 0 bridgehead atoms. The third-order valence-corrected chi connectivity index (χ3v) is 4.37. The minimum Gasteiger partial charge on any atom is -0.481 e. The van der Waals surface area contributed by atoms with E-state index in [0.717, 1.165) is 51.6 Å². The first-order valence-electron chi connectivity index (χ1n) is 7.29. The molecule has 0 aromatic rings. The summed E-state index contributed by atoms with van der Waals surface area (Å²) < 4.78 is 5.68. The Morgan fingerprint density at radius 2 is 1.94 bits per heavy atom. The van der Waals surface area contributed by atoms with Crippen LogP contribution < -0.4 is 5.32 Å². The van der Waals surface area contributed by atoms with Gasteiger partial charge in [-0.15, -0.1) is 0 Å². The van der Waals surface area contributed by atoms with Crippen molar-refractivity contribution in [3.63, 3.8) is 0 Å². The van der Waals surface area contributed by atoms with Crippen LogP contribution in [0.15, 0.2) is 0 Å². The van der Waals surface area contributed by atoms with Gasteiger partial charge in [-0.1, -0.05) is 6.92 Å². The van der Waals surface area contributed by atoms with Crippen LogP contribution in [0.5, 0.6) is 0 Å². The van der Waals surface area contributed by atoms with Gasteiger partial charge in [0.25, 0.3) is 0 Å². The fourth-order valence-corrected chi connectivity index (χ4v) is 3.16. The average molecular weight is 255 g/mol. The van der Waals surface area contributed by atoms with Gasteiger partial charge in [-0.25, -0.2) is 0 Å². The molecule has 2 aliphatic rings. The molecule has 4 heteroatoms. The zero-order chi connectivity index (χ0) is 13.0. The van der Waals surface area contributed by atoms with Crippen LogP contribution >= 0.6 is 0 Å². The Morgan fingerprint density at radius 3 is 2.56 bits per heavy atom. The lowest BCUT2D eigenvalue weighted by atomic mass is 9.85. The van der Waals surface area contributed by atoms with Crippen molar-refractivity contribution in [1.82, 2.24) is 5.32 Å². The number of rotatable bonds is 4. The Labute approximate surface area is 109 Å². The molecule has 0 aromatic heterocycles.